The van der Waals surface area contributed by atoms with E-state index in [2.05, 4.69) is 28.6 Å². The molecule has 1 N–H and O–H groups in total. The van der Waals surface area contributed by atoms with Crippen LogP contribution >= 0.6 is 12.2 Å². The maximum absolute atomic E-state index is 5.34. The second kappa shape index (κ2) is 3.42. The van der Waals surface area contributed by atoms with Crippen molar-refractivity contribution in [2.45, 2.75) is 52.0 Å². The quantitative estimate of drug-likeness (QED) is 0.815. The highest BCUT2D eigenvalue weighted by Crippen LogP contribution is 2.62. The summed E-state index contributed by atoms with van der Waals surface area (Å²) in [6.07, 6.45) is 5.65. The summed E-state index contributed by atoms with van der Waals surface area (Å²) in [5, 5.41) is 7.30. The largest absolute Gasteiger partial charge is 0.303 e. The summed E-state index contributed by atoms with van der Waals surface area (Å²) in [6, 6.07) is 0. The lowest BCUT2D eigenvalue weighted by atomic mass is 10.0. The molecular formula is C12H19N3S. The van der Waals surface area contributed by atoms with Gasteiger partial charge in [0.2, 0.25) is 0 Å². The average Bonchev–Trinajstić information content (AvgIpc) is 3.09. The van der Waals surface area contributed by atoms with Crippen molar-refractivity contribution >= 4 is 12.2 Å². The molecule has 0 amide bonds. The maximum atomic E-state index is 5.34. The van der Waals surface area contributed by atoms with E-state index in [0.717, 1.165) is 23.1 Å². The molecule has 0 radical (unpaired) electrons. The Morgan fingerprint density at radius 1 is 1.50 bits per heavy atom. The van der Waals surface area contributed by atoms with Crippen molar-refractivity contribution in [3.63, 3.8) is 0 Å². The van der Waals surface area contributed by atoms with E-state index < -0.39 is 0 Å². The molecule has 0 atom stereocenters. The fourth-order valence-electron chi connectivity index (χ4n) is 2.79. The first-order valence-electron chi connectivity index (χ1n) is 6.27. The number of hydrogen-bond donors (Lipinski definition) is 1. The minimum atomic E-state index is 0.447. The van der Waals surface area contributed by atoms with Crippen LogP contribution in [0.3, 0.4) is 0 Å². The first-order chi connectivity index (χ1) is 7.62. The first kappa shape index (κ1) is 10.5. The van der Waals surface area contributed by atoms with Gasteiger partial charge in [-0.25, -0.2) is 0 Å². The Balaban J connectivity index is 1.88. The van der Waals surface area contributed by atoms with Gasteiger partial charge in [-0.3, -0.25) is 5.10 Å². The van der Waals surface area contributed by atoms with Crippen LogP contribution in [0.25, 0.3) is 0 Å². The van der Waals surface area contributed by atoms with Gasteiger partial charge in [0.1, 0.15) is 5.82 Å². The van der Waals surface area contributed by atoms with E-state index in [-0.39, 0.29) is 0 Å². The highest BCUT2D eigenvalue weighted by Gasteiger charge is 2.54. The standard InChI is InChI=1S/C12H19N3S/c1-8(2)10-13-14-11(16)15(10)7-12(5-6-12)9-3-4-9/h8-9H,3-7H2,1-2H3,(H,14,16). The summed E-state index contributed by atoms with van der Waals surface area (Å²) in [7, 11) is 0. The second-order valence-corrected chi connectivity index (χ2v) is 6.15. The molecule has 0 bridgehead atoms. The number of H-pyrrole nitrogens is 1. The lowest BCUT2D eigenvalue weighted by Gasteiger charge is -2.17. The van der Waals surface area contributed by atoms with Crippen LogP contribution in [0.2, 0.25) is 0 Å². The maximum Gasteiger partial charge on any atom is 0.195 e. The topological polar surface area (TPSA) is 33.6 Å². The third kappa shape index (κ3) is 1.63. The molecule has 2 aliphatic carbocycles. The smallest absolute Gasteiger partial charge is 0.195 e. The van der Waals surface area contributed by atoms with E-state index in [0.29, 0.717) is 11.3 Å². The summed E-state index contributed by atoms with van der Waals surface area (Å²) in [5.74, 6) is 2.55. The van der Waals surface area contributed by atoms with Crippen LogP contribution in [0.4, 0.5) is 0 Å². The SMILES string of the molecule is CC(C)c1n[nH]c(=S)n1CC1(C2CC2)CC1. The van der Waals surface area contributed by atoms with Gasteiger partial charge in [-0.2, -0.15) is 5.10 Å². The summed E-state index contributed by atoms with van der Waals surface area (Å²) in [5.41, 5.74) is 0.589. The van der Waals surface area contributed by atoms with Gasteiger partial charge in [-0.15, -0.1) is 0 Å². The van der Waals surface area contributed by atoms with Crippen LogP contribution in [-0.2, 0) is 6.54 Å². The molecule has 0 unspecified atom stereocenters. The number of aromatic amines is 1. The zero-order valence-electron chi connectivity index (χ0n) is 9.99. The van der Waals surface area contributed by atoms with Crippen LogP contribution < -0.4 is 0 Å². The Kier molecular flexibility index (Phi) is 2.25. The van der Waals surface area contributed by atoms with E-state index in [9.17, 15) is 0 Å². The molecule has 1 aromatic heterocycles. The molecule has 1 aromatic rings. The van der Waals surface area contributed by atoms with Gasteiger partial charge in [-0.05, 0) is 49.2 Å². The van der Waals surface area contributed by atoms with Crippen molar-refractivity contribution in [2.24, 2.45) is 11.3 Å². The van der Waals surface area contributed by atoms with Crippen molar-refractivity contribution < 1.29 is 0 Å². The van der Waals surface area contributed by atoms with Crippen LogP contribution in [0.15, 0.2) is 0 Å². The third-order valence-electron chi connectivity index (χ3n) is 4.11. The molecule has 3 rings (SSSR count). The highest BCUT2D eigenvalue weighted by atomic mass is 32.1. The fourth-order valence-corrected chi connectivity index (χ4v) is 2.99. The monoisotopic (exact) mass is 237 g/mol. The second-order valence-electron chi connectivity index (χ2n) is 5.76. The van der Waals surface area contributed by atoms with Crippen molar-refractivity contribution in [3.05, 3.63) is 10.6 Å². The zero-order chi connectivity index (χ0) is 11.3. The van der Waals surface area contributed by atoms with Gasteiger partial charge >= 0.3 is 0 Å². The fraction of sp³-hybridized carbons (Fsp3) is 0.833. The Hall–Kier alpha value is -0.640. The first-order valence-corrected chi connectivity index (χ1v) is 6.68. The summed E-state index contributed by atoms with van der Waals surface area (Å²) in [4.78, 5) is 0. The van der Waals surface area contributed by atoms with E-state index in [1.807, 2.05) is 0 Å². The lowest BCUT2D eigenvalue weighted by Crippen LogP contribution is -2.16. The van der Waals surface area contributed by atoms with Gasteiger partial charge in [0.15, 0.2) is 4.77 Å². The molecule has 2 saturated carbocycles. The Labute approximate surface area is 101 Å². The van der Waals surface area contributed by atoms with E-state index in [1.165, 1.54) is 25.7 Å². The van der Waals surface area contributed by atoms with Crippen LogP contribution in [0, 0.1) is 16.1 Å². The van der Waals surface area contributed by atoms with Gasteiger partial charge in [0, 0.05) is 12.5 Å². The van der Waals surface area contributed by atoms with E-state index >= 15 is 0 Å². The molecule has 16 heavy (non-hydrogen) atoms. The number of nitrogens with one attached hydrogen (secondary N) is 1. The molecule has 0 aliphatic heterocycles. The predicted molar refractivity (Wildman–Crippen MR) is 65.9 cm³/mol. The summed E-state index contributed by atoms with van der Waals surface area (Å²) in [6.45, 7) is 5.46. The zero-order valence-corrected chi connectivity index (χ0v) is 10.8. The molecule has 88 valence electrons. The molecule has 2 aliphatic rings. The van der Waals surface area contributed by atoms with Gasteiger partial charge in [0.05, 0.1) is 0 Å². The minimum Gasteiger partial charge on any atom is -0.303 e. The van der Waals surface area contributed by atoms with Crippen molar-refractivity contribution in [1.29, 1.82) is 0 Å². The molecule has 0 spiro atoms. The highest BCUT2D eigenvalue weighted by molar-refractivity contribution is 7.71. The number of aromatic nitrogens is 3. The lowest BCUT2D eigenvalue weighted by molar-refractivity contribution is 0.359. The predicted octanol–water partition coefficient (Wildman–Crippen LogP) is 3.25. The Morgan fingerprint density at radius 2 is 2.19 bits per heavy atom. The van der Waals surface area contributed by atoms with Gasteiger partial charge in [0.25, 0.3) is 0 Å². The molecule has 4 heteroatoms. The van der Waals surface area contributed by atoms with E-state index in [1.54, 1.807) is 0 Å². The average molecular weight is 237 g/mol. The van der Waals surface area contributed by atoms with Crippen LogP contribution in [0.5, 0.6) is 0 Å². The Bertz CT molecular complexity index is 449. The van der Waals surface area contributed by atoms with Gasteiger partial charge < -0.3 is 4.57 Å². The number of rotatable bonds is 4. The normalized spacial score (nSPS) is 22.7. The molecular weight excluding hydrogens is 218 g/mol. The molecule has 3 nitrogen and oxygen atoms in total. The van der Waals surface area contributed by atoms with Crippen molar-refractivity contribution in [1.82, 2.24) is 14.8 Å². The third-order valence-corrected chi connectivity index (χ3v) is 4.42. The van der Waals surface area contributed by atoms with Crippen LogP contribution in [-0.4, -0.2) is 14.8 Å². The van der Waals surface area contributed by atoms with Crippen LogP contribution in [0.1, 0.15) is 51.3 Å². The van der Waals surface area contributed by atoms with E-state index in [4.69, 9.17) is 12.2 Å². The molecule has 0 aromatic carbocycles. The van der Waals surface area contributed by atoms with Gasteiger partial charge in [-0.1, -0.05) is 13.8 Å². The molecule has 0 saturated heterocycles. The minimum absolute atomic E-state index is 0.447. The molecule has 1 heterocycles. The van der Waals surface area contributed by atoms with Crippen molar-refractivity contribution in [2.75, 3.05) is 0 Å². The summed E-state index contributed by atoms with van der Waals surface area (Å²) >= 11 is 5.34. The number of nitrogens with zero attached hydrogens (tertiary/aromatic N) is 2. The number of hydrogen-bond acceptors (Lipinski definition) is 2. The Morgan fingerprint density at radius 3 is 2.69 bits per heavy atom. The van der Waals surface area contributed by atoms with Crippen molar-refractivity contribution in [3.8, 4) is 0 Å². The molecule has 2 fully saturated rings. The summed E-state index contributed by atoms with van der Waals surface area (Å²) < 4.78 is 3.04.